The van der Waals surface area contributed by atoms with Crippen molar-refractivity contribution in [3.63, 3.8) is 0 Å². The van der Waals surface area contributed by atoms with Crippen molar-refractivity contribution in [1.29, 1.82) is 0 Å². The maximum atomic E-state index is 12.2. The Morgan fingerprint density at radius 2 is 2.44 bits per heavy atom. The third kappa shape index (κ3) is 2.93. The third-order valence-corrected chi connectivity index (χ3v) is 4.89. The molecular weight excluding hydrogens is 244 g/mol. The second-order valence-corrected chi connectivity index (χ2v) is 6.57. The lowest BCUT2D eigenvalue weighted by molar-refractivity contribution is -0.128. The van der Waals surface area contributed by atoms with Crippen molar-refractivity contribution in [3.8, 4) is 0 Å². The molecule has 0 aliphatic heterocycles. The summed E-state index contributed by atoms with van der Waals surface area (Å²) < 4.78 is 0. The van der Waals surface area contributed by atoms with Crippen LogP contribution in [-0.2, 0) is 11.3 Å². The first-order valence-corrected chi connectivity index (χ1v) is 7.49. The first-order chi connectivity index (χ1) is 8.51. The van der Waals surface area contributed by atoms with E-state index in [0.717, 1.165) is 19.3 Å². The van der Waals surface area contributed by atoms with Gasteiger partial charge in [0.25, 0.3) is 0 Å². The highest BCUT2D eigenvalue weighted by molar-refractivity contribution is 7.10. The quantitative estimate of drug-likeness (QED) is 0.883. The van der Waals surface area contributed by atoms with Crippen LogP contribution in [0.5, 0.6) is 0 Å². The van der Waals surface area contributed by atoms with E-state index < -0.39 is 5.54 Å². The van der Waals surface area contributed by atoms with E-state index in [1.54, 1.807) is 11.3 Å². The van der Waals surface area contributed by atoms with Crippen LogP contribution in [0.25, 0.3) is 0 Å². The molecule has 0 radical (unpaired) electrons. The highest BCUT2D eigenvalue weighted by Crippen LogP contribution is 2.30. The Hall–Kier alpha value is -0.870. The number of hydrogen-bond acceptors (Lipinski definition) is 3. The molecule has 1 aliphatic rings. The third-order valence-electron chi connectivity index (χ3n) is 3.86. The van der Waals surface area contributed by atoms with Crippen molar-refractivity contribution in [2.75, 3.05) is 0 Å². The summed E-state index contributed by atoms with van der Waals surface area (Å²) in [6, 6.07) is 2.08. The molecule has 4 heteroatoms. The zero-order valence-corrected chi connectivity index (χ0v) is 12.0. The van der Waals surface area contributed by atoms with Gasteiger partial charge in [-0.2, -0.15) is 0 Å². The summed E-state index contributed by atoms with van der Waals surface area (Å²) in [6.07, 6.45) is 3.87. The van der Waals surface area contributed by atoms with Crippen LogP contribution in [0, 0.1) is 12.8 Å². The monoisotopic (exact) mass is 266 g/mol. The van der Waals surface area contributed by atoms with E-state index in [1.165, 1.54) is 16.9 Å². The summed E-state index contributed by atoms with van der Waals surface area (Å²) in [5, 5.41) is 5.06. The Morgan fingerprint density at radius 1 is 1.67 bits per heavy atom. The number of nitrogens with two attached hydrogens (primary N) is 1. The van der Waals surface area contributed by atoms with Crippen LogP contribution in [-0.4, -0.2) is 11.4 Å². The number of carbonyl (C=O) groups is 1. The molecule has 18 heavy (non-hydrogen) atoms. The molecule has 100 valence electrons. The SMILES string of the molecule is Cc1ccsc1CNC(=O)C1(N)CCCC(C)C1. The summed E-state index contributed by atoms with van der Waals surface area (Å²) in [5.74, 6) is 0.569. The lowest BCUT2D eigenvalue weighted by Gasteiger charge is -2.35. The van der Waals surface area contributed by atoms with Gasteiger partial charge in [-0.3, -0.25) is 4.79 Å². The minimum absolute atomic E-state index is 0.0156. The minimum Gasteiger partial charge on any atom is -0.350 e. The zero-order valence-electron chi connectivity index (χ0n) is 11.2. The predicted molar refractivity (Wildman–Crippen MR) is 75.5 cm³/mol. The Labute approximate surface area is 113 Å². The summed E-state index contributed by atoms with van der Waals surface area (Å²) >= 11 is 1.68. The molecule has 0 spiro atoms. The van der Waals surface area contributed by atoms with E-state index in [1.807, 2.05) is 0 Å². The van der Waals surface area contributed by atoms with E-state index in [2.05, 4.69) is 30.6 Å². The van der Waals surface area contributed by atoms with Crippen molar-refractivity contribution in [3.05, 3.63) is 21.9 Å². The van der Waals surface area contributed by atoms with Crippen molar-refractivity contribution in [1.82, 2.24) is 5.32 Å². The molecule has 3 N–H and O–H groups in total. The summed E-state index contributed by atoms with van der Waals surface area (Å²) in [5.41, 5.74) is 6.85. The van der Waals surface area contributed by atoms with Gasteiger partial charge < -0.3 is 11.1 Å². The topological polar surface area (TPSA) is 55.1 Å². The normalized spacial score (nSPS) is 28.1. The molecular formula is C14H22N2OS. The fraction of sp³-hybridized carbons (Fsp3) is 0.643. The standard InChI is InChI=1S/C14H22N2OS/c1-10-4-3-6-14(15,8-10)13(17)16-9-12-11(2)5-7-18-12/h5,7,10H,3-4,6,8-9,15H2,1-2H3,(H,16,17). The maximum Gasteiger partial charge on any atom is 0.240 e. The molecule has 2 unspecified atom stereocenters. The van der Waals surface area contributed by atoms with E-state index in [4.69, 9.17) is 5.73 Å². The Kier molecular flexibility index (Phi) is 4.07. The molecule has 1 aromatic rings. The molecule has 2 atom stereocenters. The van der Waals surface area contributed by atoms with Gasteiger partial charge in [-0.25, -0.2) is 0 Å². The van der Waals surface area contributed by atoms with Crippen LogP contribution in [0.15, 0.2) is 11.4 Å². The Balaban J connectivity index is 1.93. The average molecular weight is 266 g/mol. The number of nitrogens with one attached hydrogen (secondary N) is 1. The second kappa shape index (κ2) is 5.41. The summed E-state index contributed by atoms with van der Waals surface area (Å²) in [7, 11) is 0. The van der Waals surface area contributed by atoms with Gasteiger partial charge in [0, 0.05) is 4.88 Å². The van der Waals surface area contributed by atoms with Crippen molar-refractivity contribution >= 4 is 17.2 Å². The molecule has 1 fully saturated rings. The molecule has 0 bridgehead atoms. The molecule has 1 saturated carbocycles. The fourth-order valence-corrected chi connectivity index (χ4v) is 3.57. The van der Waals surface area contributed by atoms with Gasteiger partial charge in [-0.1, -0.05) is 19.8 Å². The van der Waals surface area contributed by atoms with Crippen LogP contribution < -0.4 is 11.1 Å². The highest BCUT2D eigenvalue weighted by atomic mass is 32.1. The Morgan fingerprint density at radius 3 is 3.06 bits per heavy atom. The van der Waals surface area contributed by atoms with Crippen LogP contribution in [0.3, 0.4) is 0 Å². The van der Waals surface area contributed by atoms with Crippen LogP contribution in [0.2, 0.25) is 0 Å². The van der Waals surface area contributed by atoms with Gasteiger partial charge in [0.2, 0.25) is 5.91 Å². The first kappa shape index (κ1) is 13.6. The van der Waals surface area contributed by atoms with Crippen molar-refractivity contribution in [2.24, 2.45) is 11.7 Å². The van der Waals surface area contributed by atoms with Crippen LogP contribution >= 0.6 is 11.3 Å². The van der Waals surface area contributed by atoms with Gasteiger partial charge in [0.05, 0.1) is 12.1 Å². The largest absolute Gasteiger partial charge is 0.350 e. The summed E-state index contributed by atoms with van der Waals surface area (Å²) in [6.45, 7) is 4.85. The van der Waals surface area contributed by atoms with Gasteiger partial charge in [0.15, 0.2) is 0 Å². The lowest BCUT2D eigenvalue weighted by Crippen LogP contribution is -2.56. The van der Waals surface area contributed by atoms with E-state index in [-0.39, 0.29) is 5.91 Å². The molecule has 0 saturated heterocycles. The molecule has 1 aromatic heterocycles. The van der Waals surface area contributed by atoms with Gasteiger partial charge in [0.1, 0.15) is 0 Å². The predicted octanol–water partition coefficient (Wildman–Crippen LogP) is 2.58. The number of rotatable bonds is 3. The number of aryl methyl sites for hydroxylation is 1. The average Bonchev–Trinajstić information content (AvgIpc) is 2.71. The maximum absolute atomic E-state index is 12.2. The number of amides is 1. The van der Waals surface area contributed by atoms with Crippen molar-refractivity contribution in [2.45, 2.75) is 51.6 Å². The summed E-state index contributed by atoms with van der Waals surface area (Å²) in [4.78, 5) is 13.5. The van der Waals surface area contributed by atoms with E-state index in [9.17, 15) is 4.79 Å². The first-order valence-electron chi connectivity index (χ1n) is 6.61. The van der Waals surface area contributed by atoms with Gasteiger partial charge >= 0.3 is 0 Å². The molecule has 2 rings (SSSR count). The molecule has 1 amide bonds. The van der Waals surface area contributed by atoms with Gasteiger partial charge in [-0.05, 0) is 42.7 Å². The molecule has 3 nitrogen and oxygen atoms in total. The van der Waals surface area contributed by atoms with E-state index in [0.29, 0.717) is 12.5 Å². The molecule has 1 heterocycles. The zero-order chi connectivity index (χ0) is 13.2. The highest BCUT2D eigenvalue weighted by Gasteiger charge is 2.37. The Bertz CT molecular complexity index is 429. The van der Waals surface area contributed by atoms with E-state index >= 15 is 0 Å². The van der Waals surface area contributed by atoms with Crippen molar-refractivity contribution < 1.29 is 4.79 Å². The number of thiophene rings is 1. The molecule has 0 aromatic carbocycles. The van der Waals surface area contributed by atoms with Gasteiger partial charge in [-0.15, -0.1) is 11.3 Å². The molecule has 1 aliphatic carbocycles. The lowest BCUT2D eigenvalue weighted by atomic mass is 9.76. The van der Waals surface area contributed by atoms with Crippen LogP contribution in [0.4, 0.5) is 0 Å². The minimum atomic E-state index is -0.650. The fourth-order valence-electron chi connectivity index (χ4n) is 2.72. The van der Waals surface area contributed by atoms with Crippen LogP contribution in [0.1, 0.15) is 43.0 Å². The number of carbonyl (C=O) groups excluding carboxylic acids is 1. The number of hydrogen-bond donors (Lipinski definition) is 2. The second-order valence-electron chi connectivity index (χ2n) is 5.57. The smallest absolute Gasteiger partial charge is 0.240 e.